The highest BCUT2D eigenvalue weighted by atomic mass is 16.4. The first-order valence-electron chi connectivity index (χ1n) is 3.87. The van der Waals surface area contributed by atoms with Crippen LogP contribution < -0.4 is 0 Å². The topological polar surface area (TPSA) is 92.0 Å². The number of rotatable bonds is 2. The average Bonchev–Trinajstić information content (AvgIpc) is 2.70. The summed E-state index contributed by atoms with van der Waals surface area (Å²) in [5.74, 6) is -0.891. The summed E-state index contributed by atoms with van der Waals surface area (Å²) in [7, 11) is 0. The predicted molar refractivity (Wildman–Crippen MR) is 45.8 cm³/mol. The van der Waals surface area contributed by atoms with Crippen molar-refractivity contribution in [2.75, 3.05) is 0 Å². The molecule has 0 aliphatic rings. The minimum Gasteiger partial charge on any atom is -0.476 e. The van der Waals surface area contributed by atoms with E-state index in [2.05, 4.69) is 15.2 Å². The molecule has 0 radical (unpaired) electrons. The summed E-state index contributed by atoms with van der Waals surface area (Å²) >= 11 is 0. The first-order valence-corrected chi connectivity index (χ1v) is 3.87. The Bertz CT molecular complexity index is 472. The molecule has 0 bridgehead atoms. The maximum absolute atomic E-state index is 10.7. The van der Waals surface area contributed by atoms with Crippen LogP contribution in [0.3, 0.4) is 0 Å². The molecule has 0 saturated heterocycles. The molecule has 2 N–H and O–H groups in total. The van der Waals surface area contributed by atoms with E-state index in [0.717, 1.165) is 12.1 Å². The van der Waals surface area contributed by atoms with Crippen molar-refractivity contribution < 1.29 is 14.3 Å². The Labute approximate surface area is 78.6 Å². The second-order valence-corrected chi connectivity index (χ2v) is 2.74. The van der Waals surface area contributed by atoms with Gasteiger partial charge in [-0.15, -0.1) is 0 Å². The van der Waals surface area contributed by atoms with Gasteiger partial charge in [-0.2, -0.15) is 5.10 Å². The maximum Gasteiger partial charge on any atom is 0.358 e. The van der Waals surface area contributed by atoms with Gasteiger partial charge < -0.3 is 9.52 Å². The third-order valence-electron chi connectivity index (χ3n) is 1.84. The minimum atomic E-state index is -1.12. The van der Waals surface area contributed by atoms with Gasteiger partial charge in [0.1, 0.15) is 0 Å². The first kappa shape index (κ1) is 8.49. The lowest BCUT2D eigenvalue weighted by Gasteiger charge is -1.94. The van der Waals surface area contributed by atoms with Crippen molar-refractivity contribution in [2.45, 2.75) is 6.92 Å². The normalized spacial score (nSPS) is 10.4. The van der Waals surface area contributed by atoms with Crippen molar-refractivity contribution >= 4 is 5.97 Å². The van der Waals surface area contributed by atoms with E-state index in [1.807, 2.05) is 0 Å². The van der Waals surface area contributed by atoms with Crippen LogP contribution >= 0.6 is 0 Å². The largest absolute Gasteiger partial charge is 0.476 e. The van der Waals surface area contributed by atoms with Gasteiger partial charge in [0.05, 0.1) is 11.8 Å². The lowest BCUT2D eigenvalue weighted by molar-refractivity contribution is 0.0691. The Hall–Kier alpha value is -2.11. The lowest BCUT2D eigenvalue weighted by Crippen LogP contribution is -1.98. The molecule has 0 amide bonds. The summed E-state index contributed by atoms with van der Waals surface area (Å²) in [5.41, 5.74) is 1.25. The molecule has 0 unspecified atom stereocenters. The van der Waals surface area contributed by atoms with Crippen LogP contribution in [0.15, 0.2) is 17.0 Å². The minimum absolute atomic E-state index is 0.102. The van der Waals surface area contributed by atoms with Crippen molar-refractivity contribution in [2.24, 2.45) is 0 Å². The molecule has 0 aromatic carbocycles. The van der Waals surface area contributed by atoms with Crippen molar-refractivity contribution in [1.29, 1.82) is 0 Å². The number of aryl methyl sites for hydroxylation is 1. The van der Waals surface area contributed by atoms with Crippen LogP contribution in [0.25, 0.3) is 11.3 Å². The van der Waals surface area contributed by atoms with Gasteiger partial charge in [-0.05, 0) is 6.92 Å². The average molecular weight is 193 g/mol. The predicted octanol–water partition coefficient (Wildman–Crippen LogP) is 1.07. The maximum atomic E-state index is 10.7. The third-order valence-corrected chi connectivity index (χ3v) is 1.84. The Morgan fingerprint density at radius 1 is 1.64 bits per heavy atom. The summed E-state index contributed by atoms with van der Waals surface area (Å²) < 4.78 is 5.00. The zero-order chi connectivity index (χ0) is 10.1. The SMILES string of the molecule is Cc1[nH]ncc1-c1ocnc1C(=O)O. The monoisotopic (exact) mass is 193 g/mol. The highest BCUT2D eigenvalue weighted by Gasteiger charge is 2.19. The van der Waals surface area contributed by atoms with Crippen molar-refractivity contribution in [3.05, 3.63) is 24.0 Å². The highest BCUT2D eigenvalue weighted by Crippen LogP contribution is 2.24. The summed E-state index contributed by atoms with van der Waals surface area (Å²) in [6, 6.07) is 0. The number of nitrogens with zero attached hydrogens (tertiary/aromatic N) is 2. The zero-order valence-electron chi connectivity index (χ0n) is 7.31. The molecule has 0 fully saturated rings. The zero-order valence-corrected chi connectivity index (χ0v) is 7.31. The number of carboxylic acid groups (broad SMARTS) is 1. The van der Waals surface area contributed by atoms with Crippen molar-refractivity contribution in [3.63, 3.8) is 0 Å². The fraction of sp³-hybridized carbons (Fsp3) is 0.125. The van der Waals surface area contributed by atoms with Gasteiger partial charge in [-0.3, -0.25) is 5.10 Å². The quantitative estimate of drug-likeness (QED) is 0.744. The number of carboxylic acids is 1. The molecule has 6 heteroatoms. The van der Waals surface area contributed by atoms with Crippen LogP contribution in [-0.4, -0.2) is 26.3 Å². The van der Waals surface area contributed by atoms with Crippen molar-refractivity contribution in [1.82, 2.24) is 15.2 Å². The smallest absolute Gasteiger partial charge is 0.358 e. The number of hydrogen-bond donors (Lipinski definition) is 2. The fourth-order valence-corrected chi connectivity index (χ4v) is 1.17. The number of nitrogens with one attached hydrogen (secondary N) is 1. The molecular formula is C8H7N3O3. The van der Waals surface area contributed by atoms with Crippen molar-refractivity contribution in [3.8, 4) is 11.3 Å². The number of H-pyrrole nitrogens is 1. The van der Waals surface area contributed by atoms with Crippen LogP contribution in [0.1, 0.15) is 16.2 Å². The van der Waals surface area contributed by atoms with E-state index < -0.39 is 5.97 Å². The summed E-state index contributed by atoms with van der Waals surface area (Å²) in [6.45, 7) is 1.77. The van der Waals surface area contributed by atoms with Gasteiger partial charge in [0, 0.05) is 5.69 Å². The first-order chi connectivity index (χ1) is 6.70. The molecule has 0 aliphatic heterocycles. The Balaban J connectivity index is 2.57. The van der Waals surface area contributed by atoms with Gasteiger partial charge in [0.15, 0.2) is 17.8 Å². The third kappa shape index (κ3) is 1.17. The summed E-state index contributed by atoms with van der Waals surface area (Å²) in [6.07, 6.45) is 2.60. The molecule has 0 aliphatic carbocycles. The number of oxazole rings is 1. The van der Waals surface area contributed by atoms with E-state index in [1.54, 1.807) is 6.92 Å². The van der Waals surface area contributed by atoms with Crippen LogP contribution in [0.5, 0.6) is 0 Å². The van der Waals surface area contributed by atoms with Gasteiger partial charge in [-0.1, -0.05) is 0 Å². The van der Waals surface area contributed by atoms with E-state index in [4.69, 9.17) is 9.52 Å². The lowest BCUT2D eigenvalue weighted by atomic mass is 10.2. The molecule has 2 heterocycles. The van der Waals surface area contributed by atoms with E-state index in [-0.39, 0.29) is 11.5 Å². The standard InChI is InChI=1S/C8H7N3O3/c1-4-5(2-10-11-4)7-6(8(12)13)9-3-14-7/h2-3H,1H3,(H,10,11)(H,12,13). The number of hydrogen-bond acceptors (Lipinski definition) is 4. The Morgan fingerprint density at radius 3 is 3.00 bits per heavy atom. The number of carbonyl (C=O) groups is 1. The Morgan fingerprint density at radius 2 is 2.43 bits per heavy atom. The molecule has 2 aromatic heterocycles. The van der Waals surface area contributed by atoms with E-state index in [1.165, 1.54) is 6.20 Å². The molecule has 0 spiro atoms. The van der Waals surface area contributed by atoms with Crippen LogP contribution in [0.4, 0.5) is 0 Å². The van der Waals surface area contributed by atoms with Crippen LogP contribution in [-0.2, 0) is 0 Å². The summed E-state index contributed by atoms with van der Waals surface area (Å²) in [4.78, 5) is 14.3. The Kier molecular flexibility index (Phi) is 1.81. The molecule has 2 rings (SSSR count). The molecule has 6 nitrogen and oxygen atoms in total. The van der Waals surface area contributed by atoms with Gasteiger partial charge in [-0.25, -0.2) is 9.78 Å². The van der Waals surface area contributed by atoms with E-state index in [0.29, 0.717) is 5.56 Å². The molecule has 72 valence electrons. The summed E-state index contributed by atoms with van der Waals surface area (Å²) in [5, 5.41) is 15.3. The van der Waals surface area contributed by atoms with Crippen LogP contribution in [0.2, 0.25) is 0 Å². The van der Waals surface area contributed by atoms with E-state index in [9.17, 15) is 4.79 Å². The van der Waals surface area contributed by atoms with Gasteiger partial charge in [0.25, 0.3) is 0 Å². The molecular weight excluding hydrogens is 186 g/mol. The number of aromatic carboxylic acids is 1. The highest BCUT2D eigenvalue weighted by molar-refractivity contribution is 5.92. The second kappa shape index (κ2) is 2.99. The molecule has 0 saturated carbocycles. The number of aromatic nitrogens is 3. The fourth-order valence-electron chi connectivity index (χ4n) is 1.17. The number of aromatic amines is 1. The van der Waals surface area contributed by atoms with Gasteiger partial charge >= 0.3 is 5.97 Å². The van der Waals surface area contributed by atoms with E-state index >= 15 is 0 Å². The molecule has 14 heavy (non-hydrogen) atoms. The second-order valence-electron chi connectivity index (χ2n) is 2.74. The van der Waals surface area contributed by atoms with Gasteiger partial charge in [0.2, 0.25) is 0 Å². The molecule has 2 aromatic rings. The van der Waals surface area contributed by atoms with Crippen LogP contribution in [0, 0.1) is 6.92 Å². The molecule has 0 atom stereocenters.